The van der Waals surface area contributed by atoms with Crippen LogP contribution in [0, 0.1) is 0 Å². The van der Waals surface area contributed by atoms with Crippen LogP contribution in [0.2, 0.25) is 0 Å². The van der Waals surface area contributed by atoms with Gasteiger partial charge in [0, 0.05) is 6.42 Å². The molecule has 0 aliphatic heterocycles. The summed E-state index contributed by atoms with van der Waals surface area (Å²) in [5, 5.41) is 25.8. The SMILES string of the molecule is N[C@@H](COC(=O)CCC(=O)C(=O)OC(CO)CO)C(=O)O. The Morgan fingerprint density at radius 1 is 1.05 bits per heavy atom. The molecule has 0 aromatic rings. The molecule has 0 fully saturated rings. The van der Waals surface area contributed by atoms with Crippen molar-refractivity contribution in [2.45, 2.75) is 25.0 Å². The quantitative estimate of drug-likeness (QED) is 0.243. The molecule has 1 atom stereocenters. The molecule has 0 saturated heterocycles. The normalized spacial score (nSPS) is 11.8. The van der Waals surface area contributed by atoms with Crippen LogP contribution in [0.1, 0.15) is 12.8 Å². The van der Waals surface area contributed by atoms with Crippen molar-refractivity contribution >= 4 is 23.7 Å². The molecule has 0 spiro atoms. The van der Waals surface area contributed by atoms with Crippen molar-refractivity contribution in [1.82, 2.24) is 0 Å². The van der Waals surface area contributed by atoms with Crippen LogP contribution in [0.4, 0.5) is 0 Å². The number of carbonyl (C=O) groups excluding carboxylic acids is 3. The average molecular weight is 307 g/mol. The summed E-state index contributed by atoms with van der Waals surface area (Å²) in [5.41, 5.74) is 5.09. The molecule has 10 nitrogen and oxygen atoms in total. The fourth-order valence-electron chi connectivity index (χ4n) is 0.993. The monoisotopic (exact) mass is 307 g/mol. The van der Waals surface area contributed by atoms with E-state index in [1.54, 1.807) is 0 Å². The highest BCUT2D eigenvalue weighted by atomic mass is 16.6. The molecular weight excluding hydrogens is 290 g/mol. The first-order valence-corrected chi connectivity index (χ1v) is 5.91. The third kappa shape index (κ3) is 7.97. The number of carbonyl (C=O) groups is 4. The molecule has 0 bridgehead atoms. The van der Waals surface area contributed by atoms with Gasteiger partial charge in [-0.2, -0.15) is 0 Å². The summed E-state index contributed by atoms with van der Waals surface area (Å²) in [4.78, 5) is 44.0. The van der Waals surface area contributed by atoms with E-state index < -0.39 is 68.5 Å². The summed E-state index contributed by atoms with van der Waals surface area (Å²) < 4.78 is 8.92. The van der Waals surface area contributed by atoms with Crippen molar-refractivity contribution in [3.05, 3.63) is 0 Å². The predicted octanol–water partition coefficient (Wildman–Crippen LogP) is -2.81. The van der Waals surface area contributed by atoms with Gasteiger partial charge in [0.15, 0.2) is 0 Å². The Morgan fingerprint density at radius 2 is 1.62 bits per heavy atom. The lowest BCUT2D eigenvalue weighted by atomic mass is 10.2. The Hall–Kier alpha value is -2.04. The van der Waals surface area contributed by atoms with E-state index in [0.717, 1.165) is 0 Å². The number of rotatable bonds is 10. The first-order chi connectivity index (χ1) is 9.81. The summed E-state index contributed by atoms with van der Waals surface area (Å²) in [6.45, 7) is -1.85. The molecule has 0 unspecified atom stereocenters. The summed E-state index contributed by atoms with van der Waals surface area (Å²) >= 11 is 0. The van der Waals surface area contributed by atoms with E-state index in [2.05, 4.69) is 9.47 Å². The van der Waals surface area contributed by atoms with E-state index in [1.165, 1.54) is 0 Å². The molecule has 0 amide bonds. The standard InChI is InChI=1S/C11H17NO9/c12-7(10(17)18)5-20-9(16)2-1-8(15)11(19)21-6(3-13)4-14/h6-7,13-14H,1-5,12H2,(H,17,18)/t7-/m0/s1. The van der Waals surface area contributed by atoms with Gasteiger partial charge in [-0.3, -0.25) is 14.4 Å². The van der Waals surface area contributed by atoms with E-state index in [-0.39, 0.29) is 0 Å². The van der Waals surface area contributed by atoms with Gasteiger partial charge in [0.25, 0.3) is 0 Å². The maximum Gasteiger partial charge on any atom is 0.375 e. The van der Waals surface area contributed by atoms with Gasteiger partial charge >= 0.3 is 17.9 Å². The predicted molar refractivity (Wildman–Crippen MR) is 64.9 cm³/mol. The van der Waals surface area contributed by atoms with Crippen molar-refractivity contribution in [2.75, 3.05) is 19.8 Å². The van der Waals surface area contributed by atoms with Gasteiger partial charge in [-0.15, -0.1) is 0 Å². The number of carboxylic acid groups (broad SMARTS) is 1. The third-order valence-corrected chi connectivity index (χ3v) is 2.21. The second kappa shape index (κ2) is 9.80. The van der Waals surface area contributed by atoms with Crippen LogP contribution in [0.25, 0.3) is 0 Å². The second-order valence-corrected chi connectivity index (χ2v) is 3.94. The number of Topliss-reactive ketones (excluding diaryl/α,β-unsaturated/α-hetero) is 1. The number of ether oxygens (including phenoxy) is 2. The summed E-state index contributed by atoms with van der Waals surface area (Å²) in [6, 6.07) is -1.37. The molecule has 5 N–H and O–H groups in total. The van der Waals surface area contributed by atoms with Crippen LogP contribution < -0.4 is 5.73 Å². The smallest absolute Gasteiger partial charge is 0.375 e. The number of ketones is 1. The van der Waals surface area contributed by atoms with E-state index in [0.29, 0.717) is 0 Å². The molecule has 10 heteroatoms. The highest BCUT2D eigenvalue weighted by molar-refractivity contribution is 6.33. The largest absolute Gasteiger partial charge is 0.480 e. The number of carboxylic acids is 1. The maximum atomic E-state index is 11.3. The Kier molecular flexibility index (Phi) is 8.85. The van der Waals surface area contributed by atoms with Crippen molar-refractivity contribution < 1.29 is 44.0 Å². The molecule has 21 heavy (non-hydrogen) atoms. The van der Waals surface area contributed by atoms with E-state index in [1.807, 2.05) is 0 Å². The molecule has 0 saturated carbocycles. The van der Waals surface area contributed by atoms with Crippen molar-refractivity contribution in [2.24, 2.45) is 5.73 Å². The highest BCUT2D eigenvalue weighted by Gasteiger charge is 2.21. The van der Waals surface area contributed by atoms with Crippen LogP contribution in [0.3, 0.4) is 0 Å². The topological polar surface area (TPSA) is 173 Å². The zero-order chi connectivity index (χ0) is 16.4. The maximum absolute atomic E-state index is 11.3. The number of esters is 2. The minimum Gasteiger partial charge on any atom is -0.480 e. The Balaban J connectivity index is 4.04. The highest BCUT2D eigenvalue weighted by Crippen LogP contribution is 1.99. The average Bonchev–Trinajstić information content (AvgIpc) is 2.46. The number of nitrogens with two attached hydrogens (primary N) is 1. The lowest BCUT2D eigenvalue weighted by Crippen LogP contribution is -2.35. The van der Waals surface area contributed by atoms with Crippen molar-refractivity contribution in [1.29, 1.82) is 0 Å². The fraction of sp³-hybridized carbons (Fsp3) is 0.636. The Labute approximate surface area is 119 Å². The number of aliphatic hydroxyl groups excluding tert-OH is 2. The number of aliphatic hydroxyl groups is 2. The Morgan fingerprint density at radius 3 is 2.10 bits per heavy atom. The van der Waals surface area contributed by atoms with Gasteiger partial charge in [-0.05, 0) is 0 Å². The summed E-state index contributed by atoms with van der Waals surface area (Å²) in [6.07, 6.45) is -2.17. The van der Waals surface area contributed by atoms with Crippen LogP contribution in [0.5, 0.6) is 0 Å². The molecule has 0 aliphatic carbocycles. The van der Waals surface area contributed by atoms with Crippen molar-refractivity contribution in [3.8, 4) is 0 Å². The summed E-state index contributed by atoms with van der Waals surface area (Å²) in [5.74, 6) is -4.57. The van der Waals surface area contributed by atoms with Crippen LogP contribution in [-0.4, -0.2) is 71.0 Å². The van der Waals surface area contributed by atoms with Crippen LogP contribution >= 0.6 is 0 Å². The summed E-state index contributed by atoms with van der Waals surface area (Å²) in [7, 11) is 0. The number of hydrogen-bond acceptors (Lipinski definition) is 9. The van der Waals surface area contributed by atoms with Crippen LogP contribution in [0.15, 0.2) is 0 Å². The van der Waals surface area contributed by atoms with E-state index >= 15 is 0 Å². The molecule has 0 aromatic carbocycles. The van der Waals surface area contributed by atoms with Crippen molar-refractivity contribution in [3.63, 3.8) is 0 Å². The molecule has 0 rings (SSSR count). The zero-order valence-corrected chi connectivity index (χ0v) is 11.1. The molecule has 120 valence electrons. The third-order valence-electron chi connectivity index (χ3n) is 2.21. The molecule has 0 aliphatic rings. The zero-order valence-electron chi connectivity index (χ0n) is 11.1. The van der Waals surface area contributed by atoms with Crippen LogP contribution in [-0.2, 0) is 28.7 Å². The van der Waals surface area contributed by atoms with E-state index in [4.69, 9.17) is 21.1 Å². The van der Waals surface area contributed by atoms with Gasteiger partial charge in [0.05, 0.1) is 19.6 Å². The number of hydrogen-bond donors (Lipinski definition) is 4. The van der Waals surface area contributed by atoms with Gasteiger partial charge < -0.3 is 30.5 Å². The fourth-order valence-corrected chi connectivity index (χ4v) is 0.993. The lowest BCUT2D eigenvalue weighted by Gasteiger charge is -2.11. The van der Waals surface area contributed by atoms with Gasteiger partial charge in [0.1, 0.15) is 18.8 Å². The minimum absolute atomic E-state index is 0.455. The molecule has 0 radical (unpaired) electrons. The second-order valence-electron chi connectivity index (χ2n) is 3.94. The van der Waals surface area contributed by atoms with Gasteiger partial charge in [0.2, 0.25) is 5.78 Å². The first-order valence-electron chi connectivity index (χ1n) is 5.91. The lowest BCUT2D eigenvalue weighted by molar-refractivity contribution is -0.161. The number of aliphatic carboxylic acids is 1. The van der Waals surface area contributed by atoms with Gasteiger partial charge in [-0.25, -0.2) is 4.79 Å². The Bertz CT molecular complexity index is 391. The van der Waals surface area contributed by atoms with Gasteiger partial charge in [-0.1, -0.05) is 0 Å². The minimum atomic E-state index is -1.37. The van der Waals surface area contributed by atoms with E-state index in [9.17, 15) is 19.2 Å². The molecular formula is C11H17NO9. The molecule has 0 heterocycles. The first kappa shape index (κ1) is 19.0. The molecule has 0 aromatic heterocycles.